The molecule has 0 aliphatic rings. The van der Waals surface area contributed by atoms with Crippen molar-refractivity contribution < 1.29 is 9.59 Å². The summed E-state index contributed by atoms with van der Waals surface area (Å²) in [4.78, 5) is 22.2. The van der Waals surface area contributed by atoms with Crippen LogP contribution in [0.5, 0.6) is 0 Å². The number of nitrogens with zero attached hydrogens (tertiary/aromatic N) is 1. The van der Waals surface area contributed by atoms with E-state index in [0.29, 0.717) is 11.1 Å². The van der Waals surface area contributed by atoms with Crippen LogP contribution in [0.2, 0.25) is 0 Å². The smallest absolute Gasteiger partial charge is 0.152 e. The Hall–Kier alpha value is -2.16. The largest absolute Gasteiger partial charge is 0.317 e. The van der Waals surface area contributed by atoms with Gasteiger partial charge in [0.15, 0.2) is 12.6 Å². The van der Waals surface area contributed by atoms with E-state index in [4.69, 9.17) is 0 Å². The molecule has 3 nitrogen and oxygen atoms in total. The van der Waals surface area contributed by atoms with E-state index in [2.05, 4.69) is 0 Å². The highest BCUT2D eigenvalue weighted by Crippen LogP contribution is 2.24. The molecular weight excluding hydrogens is 226 g/mol. The molecule has 1 aromatic carbocycles. The number of hydrogen-bond donors (Lipinski definition) is 0. The number of carbonyl (C=O) groups is 2. The minimum absolute atomic E-state index is 0.475. The van der Waals surface area contributed by atoms with Gasteiger partial charge in [-0.15, -0.1) is 0 Å². The lowest BCUT2D eigenvalue weighted by Crippen LogP contribution is -1.99. The molecule has 0 radical (unpaired) electrons. The third-order valence-electron chi connectivity index (χ3n) is 3.27. The third-order valence-corrected chi connectivity index (χ3v) is 3.27. The Morgan fingerprint density at radius 1 is 0.833 bits per heavy atom. The summed E-state index contributed by atoms with van der Waals surface area (Å²) in [6.45, 7) is 5.72. The highest BCUT2D eigenvalue weighted by atomic mass is 16.1. The van der Waals surface area contributed by atoms with E-state index >= 15 is 0 Å². The average Bonchev–Trinajstić information content (AvgIpc) is 2.61. The first-order chi connectivity index (χ1) is 8.60. The highest BCUT2D eigenvalue weighted by Gasteiger charge is 2.17. The van der Waals surface area contributed by atoms with Crippen molar-refractivity contribution in [2.45, 2.75) is 20.8 Å². The van der Waals surface area contributed by atoms with Gasteiger partial charge in [0.2, 0.25) is 0 Å². The van der Waals surface area contributed by atoms with Gasteiger partial charge in [-0.25, -0.2) is 0 Å². The first-order valence-electron chi connectivity index (χ1n) is 5.79. The van der Waals surface area contributed by atoms with Gasteiger partial charge in [0.25, 0.3) is 0 Å². The predicted molar refractivity (Wildman–Crippen MR) is 70.8 cm³/mol. The van der Waals surface area contributed by atoms with Gasteiger partial charge >= 0.3 is 0 Å². The van der Waals surface area contributed by atoms with Crippen molar-refractivity contribution in [1.82, 2.24) is 4.57 Å². The Labute approximate surface area is 106 Å². The third kappa shape index (κ3) is 1.78. The van der Waals surface area contributed by atoms with Crippen LogP contribution in [0.1, 0.15) is 37.7 Å². The van der Waals surface area contributed by atoms with Crippen LogP contribution in [0.25, 0.3) is 5.69 Å². The van der Waals surface area contributed by atoms with E-state index in [1.807, 2.05) is 49.6 Å². The van der Waals surface area contributed by atoms with Gasteiger partial charge in [-0.3, -0.25) is 9.59 Å². The summed E-state index contributed by atoms with van der Waals surface area (Å²) < 4.78 is 1.94. The average molecular weight is 241 g/mol. The van der Waals surface area contributed by atoms with Crippen molar-refractivity contribution in [2.24, 2.45) is 0 Å². The van der Waals surface area contributed by atoms with Gasteiger partial charge in [0.05, 0.1) is 0 Å². The summed E-state index contributed by atoms with van der Waals surface area (Å²) in [7, 11) is 0. The van der Waals surface area contributed by atoms with Gasteiger partial charge in [0, 0.05) is 28.2 Å². The summed E-state index contributed by atoms with van der Waals surface area (Å²) in [6.07, 6.45) is 1.49. The molecule has 0 fully saturated rings. The van der Waals surface area contributed by atoms with Crippen LogP contribution >= 0.6 is 0 Å². The molecule has 18 heavy (non-hydrogen) atoms. The van der Waals surface area contributed by atoms with Gasteiger partial charge in [-0.05, 0) is 32.9 Å². The zero-order valence-electron chi connectivity index (χ0n) is 10.7. The maximum atomic E-state index is 11.1. The second-order valence-corrected chi connectivity index (χ2v) is 4.40. The number of hydrogen-bond acceptors (Lipinski definition) is 2. The summed E-state index contributed by atoms with van der Waals surface area (Å²) in [5.74, 6) is 0. The Morgan fingerprint density at radius 2 is 1.28 bits per heavy atom. The molecule has 1 aromatic heterocycles. The fourth-order valence-corrected chi connectivity index (χ4v) is 2.26. The standard InChI is InChI=1S/C15H15NO2/c1-10-4-6-13(7-5-10)16-11(2)14(8-17)15(9-18)12(16)3/h4-9H,1-3H3. The number of aldehydes is 2. The van der Waals surface area contributed by atoms with Crippen molar-refractivity contribution in [2.75, 3.05) is 0 Å². The summed E-state index contributed by atoms with van der Waals surface area (Å²) >= 11 is 0. The van der Waals surface area contributed by atoms with Gasteiger partial charge in [-0.1, -0.05) is 17.7 Å². The molecule has 0 aliphatic heterocycles. The Kier molecular flexibility index (Phi) is 3.15. The monoisotopic (exact) mass is 241 g/mol. The van der Waals surface area contributed by atoms with E-state index in [0.717, 1.165) is 29.6 Å². The van der Waals surface area contributed by atoms with E-state index in [-0.39, 0.29) is 0 Å². The molecule has 0 saturated carbocycles. The molecule has 0 unspecified atom stereocenters. The van der Waals surface area contributed by atoms with Crippen molar-refractivity contribution in [3.63, 3.8) is 0 Å². The molecule has 0 atom stereocenters. The fourth-order valence-electron chi connectivity index (χ4n) is 2.26. The first kappa shape index (κ1) is 12.3. The molecule has 0 amide bonds. The van der Waals surface area contributed by atoms with E-state index < -0.39 is 0 Å². The number of carbonyl (C=O) groups excluding carboxylic acids is 2. The molecule has 92 valence electrons. The SMILES string of the molecule is Cc1ccc(-n2c(C)c(C=O)c(C=O)c2C)cc1. The Bertz CT molecular complexity index is 575. The van der Waals surface area contributed by atoms with Crippen molar-refractivity contribution in [1.29, 1.82) is 0 Å². The van der Waals surface area contributed by atoms with Crippen molar-refractivity contribution in [3.8, 4) is 5.69 Å². The molecule has 0 N–H and O–H groups in total. The van der Waals surface area contributed by atoms with Crippen molar-refractivity contribution >= 4 is 12.6 Å². The molecule has 0 spiro atoms. The minimum Gasteiger partial charge on any atom is -0.317 e. The zero-order valence-corrected chi connectivity index (χ0v) is 10.7. The van der Waals surface area contributed by atoms with Crippen LogP contribution < -0.4 is 0 Å². The van der Waals surface area contributed by atoms with E-state index in [9.17, 15) is 9.59 Å². The summed E-state index contributed by atoms with van der Waals surface area (Å²) in [5.41, 5.74) is 4.69. The molecule has 0 bridgehead atoms. The van der Waals surface area contributed by atoms with Crippen LogP contribution in [-0.4, -0.2) is 17.1 Å². The maximum absolute atomic E-state index is 11.1. The summed E-state index contributed by atoms with van der Waals surface area (Å²) in [5, 5.41) is 0. The zero-order chi connectivity index (χ0) is 13.3. The van der Waals surface area contributed by atoms with E-state index in [1.165, 1.54) is 5.56 Å². The van der Waals surface area contributed by atoms with Crippen LogP contribution in [0.3, 0.4) is 0 Å². The van der Waals surface area contributed by atoms with Crippen molar-refractivity contribution in [3.05, 3.63) is 52.3 Å². The highest BCUT2D eigenvalue weighted by molar-refractivity contribution is 5.93. The number of aromatic nitrogens is 1. The normalized spacial score (nSPS) is 10.4. The number of benzene rings is 1. The molecule has 1 heterocycles. The van der Waals surface area contributed by atoms with Crippen LogP contribution in [-0.2, 0) is 0 Å². The van der Waals surface area contributed by atoms with Gasteiger partial charge in [-0.2, -0.15) is 0 Å². The molecule has 2 rings (SSSR count). The molecular formula is C15H15NO2. The van der Waals surface area contributed by atoms with E-state index in [1.54, 1.807) is 0 Å². The minimum atomic E-state index is 0.475. The molecule has 3 heteroatoms. The van der Waals surface area contributed by atoms with Gasteiger partial charge < -0.3 is 4.57 Å². The number of rotatable bonds is 3. The lowest BCUT2D eigenvalue weighted by molar-refractivity contribution is 0.109. The predicted octanol–water partition coefficient (Wildman–Crippen LogP) is 3.03. The molecule has 2 aromatic rings. The maximum Gasteiger partial charge on any atom is 0.152 e. The summed E-state index contributed by atoms with van der Waals surface area (Å²) in [6, 6.07) is 7.99. The van der Waals surface area contributed by atoms with Crippen LogP contribution in [0.4, 0.5) is 0 Å². The Balaban J connectivity index is 2.71. The molecule has 0 saturated heterocycles. The quantitative estimate of drug-likeness (QED) is 0.775. The topological polar surface area (TPSA) is 39.1 Å². The number of aryl methyl sites for hydroxylation is 1. The lowest BCUT2D eigenvalue weighted by Gasteiger charge is -2.09. The second-order valence-electron chi connectivity index (χ2n) is 4.40. The van der Waals surface area contributed by atoms with Gasteiger partial charge in [0.1, 0.15) is 0 Å². The first-order valence-corrected chi connectivity index (χ1v) is 5.79. The molecule has 0 aliphatic carbocycles. The second kappa shape index (κ2) is 4.61. The Morgan fingerprint density at radius 3 is 1.67 bits per heavy atom. The van der Waals surface area contributed by atoms with Crippen LogP contribution in [0.15, 0.2) is 24.3 Å². The van der Waals surface area contributed by atoms with Crippen LogP contribution in [0, 0.1) is 20.8 Å². The lowest BCUT2D eigenvalue weighted by atomic mass is 10.1. The fraction of sp³-hybridized carbons (Fsp3) is 0.200.